The molecule has 0 unspecified atom stereocenters. The Morgan fingerprint density at radius 1 is 1.05 bits per heavy atom. The SMILES string of the molecule is CC(=O)c1cc(C2C3CC4CC(C3)CC2C4)ccc1N. The molecular weight excluding hydrogens is 246 g/mol. The van der Waals surface area contributed by atoms with E-state index >= 15 is 0 Å². The predicted octanol–water partition coefficient (Wildman–Crippen LogP) is 4.01. The second-order valence-electron chi connectivity index (χ2n) is 7.36. The Hall–Kier alpha value is -1.31. The van der Waals surface area contributed by atoms with Gasteiger partial charge in [-0.05, 0) is 86.3 Å². The Bertz CT molecular complexity index is 535. The number of benzene rings is 1. The van der Waals surface area contributed by atoms with Gasteiger partial charge in [0.1, 0.15) is 0 Å². The molecule has 2 nitrogen and oxygen atoms in total. The number of anilines is 1. The lowest BCUT2D eigenvalue weighted by Crippen LogP contribution is -2.43. The molecule has 5 rings (SSSR count). The van der Waals surface area contributed by atoms with Gasteiger partial charge in [-0.2, -0.15) is 0 Å². The standard InChI is InChI=1S/C18H23NO/c1-10(20)16-9-13(2-3-17(16)19)18-14-5-11-4-12(7-14)8-15(18)6-11/h2-3,9,11-12,14-15,18H,4-8,19H2,1H3. The van der Waals surface area contributed by atoms with Crippen LogP contribution in [0.25, 0.3) is 0 Å². The summed E-state index contributed by atoms with van der Waals surface area (Å²) in [6.45, 7) is 1.62. The monoisotopic (exact) mass is 269 g/mol. The first-order valence-corrected chi connectivity index (χ1v) is 8.02. The van der Waals surface area contributed by atoms with E-state index in [9.17, 15) is 4.79 Å². The molecule has 4 fully saturated rings. The van der Waals surface area contributed by atoms with Gasteiger partial charge in [-0.3, -0.25) is 4.79 Å². The highest BCUT2D eigenvalue weighted by atomic mass is 16.1. The molecule has 4 aliphatic carbocycles. The first-order valence-electron chi connectivity index (χ1n) is 8.02. The number of carbonyl (C=O) groups is 1. The van der Waals surface area contributed by atoms with Crippen LogP contribution in [0.4, 0.5) is 5.69 Å². The fourth-order valence-corrected chi connectivity index (χ4v) is 5.56. The van der Waals surface area contributed by atoms with E-state index in [0.29, 0.717) is 11.6 Å². The first kappa shape index (κ1) is 12.4. The summed E-state index contributed by atoms with van der Waals surface area (Å²) >= 11 is 0. The summed E-state index contributed by atoms with van der Waals surface area (Å²) in [7, 11) is 0. The van der Waals surface area contributed by atoms with E-state index in [1.165, 1.54) is 37.7 Å². The normalized spacial score (nSPS) is 38.1. The lowest BCUT2D eigenvalue weighted by atomic mass is 9.50. The van der Waals surface area contributed by atoms with Crippen molar-refractivity contribution >= 4 is 11.5 Å². The molecule has 106 valence electrons. The summed E-state index contributed by atoms with van der Waals surface area (Å²) in [6, 6.07) is 6.20. The van der Waals surface area contributed by atoms with Crippen LogP contribution in [-0.4, -0.2) is 5.78 Å². The molecule has 4 aliphatic rings. The van der Waals surface area contributed by atoms with Gasteiger partial charge in [-0.25, -0.2) is 0 Å². The van der Waals surface area contributed by atoms with Crippen molar-refractivity contribution in [2.45, 2.75) is 44.9 Å². The molecule has 4 saturated carbocycles. The number of rotatable bonds is 2. The molecule has 0 amide bonds. The first-order chi connectivity index (χ1) is 9.61. The van der Waals surface area contributed by atoms with Crippen LogP contribution in [0, 0.1) is 23.7 Å². The maximum atomic E-state index is 11.7. The molecule has 1 aromatic carbocycles. The fourth-order valence-electron chi connectivity index (χ4n) is 5.56. The number of hydrogen-bond donors (Lipinski definition) is 1. The van der Waals surface area contributed by atoms with Gasteiger partial charge in [0, 0.05) is 11.3 Å². The van der Waals surface area contributed by atoms with E-state index in [-0.39, 0.29) is 5.78 Å². The molecule has 0 aliphatic heterocycles. The molecule has 0 radical (unpaired) electrons. The highest BCUT2D eigenvalue weighted by Crippen LogP contribution is 2.59. The maximum absolute atomic E-state index is 11.7. The van der Waals surface area contributed by atoms with Crippen LogP contribution in [0.2, 0.25) is 0 Å². The molecule has 0 saturated heterocycles. The van der Waals surface area contributed by atoms with Crippen molar-refractivity contribution in [3.8, 4) is 0 Å². The molecule has 0 aromatic heterocycles. The zero-order chi connectivity index (χ0) is 13.9. The van der Waals surface area contributed by atoms with E-state index in [2.05, 4.69) is 12.1 Å². The second kappa shape index (κ2) is 4.34. The maximum Gasteiger partial charge on any atom is 0.161 e. The van der Waals surface area contributed by atoms with Crippen LogP contribution in [0.1, 0.15) is 60.9 Å². The molecule has 4 bridgehead atoms. The van der Waals surface area contributed by atoms with Crippen molar-refractivity contribution in [1.82, 2.24) is 0 Å². The van der Waals surface area contributed by atoms with E-state index in [4.69, 9.17) is 5.73 Å². The number of carbonyl (C=O) groups excluding carboxylic acids is 1. The Kier molecular flexibility index (Phi) is 2.70. The highest BCUT2D eigenvalue weighted by molar-refractivity contribution is 5.99. The van der Waals surface area contributed by atoms with E-state index in [1.54, 1.807) is 6.92 Å². The summed E-state index contributed by atoms with van der Waals surface area (Å²) in [5, 5.41) is 0. The minimum absolute atomic E-state index is 0.0909. The zero-order valence-electron chi connectivity index (χ0n) is 12.1. The molecule has 2 heteroatoms. The summed E-state index contributed by atoms with van der Waals surface area (Å²) in [5.74, 6) is 4.48. The summed E-state index contributed by atoms with van der Waals surface area (Å²) in [4.78, 5) is 11.7. The highest BCUT2D eigenvalue weighted by Gasteiger charge is 2.48. The van der Waals surface area contributed by atoms with Crippen molar-refractivity contribution < 1.29 is 4.79 Å². The summed E-state index contributed by atoms with van der Waals surface area (Å²) in [5.41, 5.74) is 8.67. The minimum atomic E-state index is 0.0909. The van der Waals surface area contributed by atoms with Gasteiger partial charge in [0.2, 0.25) is 0 Å². The Balaban J connectivity index is 1.71. The molecule has 0 spiro atoms. The lowest BCUT2D eigenvalue weighted by Gasteiger charge is -2.54. The Labute approximate surface area is 120 Å². The average molecular weight is 269 g/mol. The van der Waals surface area contributed by atoms with Crippen molar-refractivity contribution in [2.75, 3.05) is 5.73 Å². The van der Waals surface area contributed by atoms with E-state index in [0.717, 1.165) is 29.2 Å². The summed E-state index contributed by atoms with van der Waals surface area (Å²) < 4.78 is 0. The van der Waals surface area contributed by atoms with Gasteiger partial charge in [0.25, 0.3) is 0 Å². The number of Topliss-reactive ketones (excluding diaryl/α,β-unsaturated/α-hetero) is 1. The quantitative estimate of drug-likeness (QED) is 0.651. The van der Waals surface area contributed by atoms with Crippen LogP contribution in [-0.2, 0) is 0 Å². The van der Waals surface area contributed by atoms with E-state index in [1.807, 2.05) is 6.07 Å². The largest absolute Gasteiger partial charge is 0.398 e. The third kappa shape index (κ3) is 1.81. The van der Waals surface area contributed by atoms with Crippen LogP contribution < -0.4 is 5.73 Å². The van der Waals surface area contributed by atoms with Crippen molar-refractivity contribution in [3.05, 3.63) is 29.3 Å². The average Bonchev–Trinajstić information content (AvgIpc) is 2.38. The third-order valence-electron chi connectivity index (χ3n) is 6.07. The fraction of sp³-hybridized carbons (Fsp3) is 0.611. The molecule has 2 N–H and O–H groups in total. The van der Waals surface area contributed by atoms with Crippen LogP contribution in [0.15, 0.2) is 18.2 Å². The zero-order valence-corrected chi connectivity index (χ0v) is 12.1. The van der Waals surface area contributed by atoms with Crippen LogP contribution in [0.5, 0.6) is 0 Å². The lowest BCUT2D eigenvalue weighted by molar-refractivity contribution is -0.00279. The van der Waals surface area contributed by atoms with Crippen molar-refractivity contribution in [2.24, 2.45) is 23.7 Å². The molecule has 20 heavy (non-hydrogen) atoms. The smallest absolute Gasteiger partial charge is 0.161 e. The minimum Gasteiger partial charge on any atom is -0.398 e. The Morgan fingerprint density at radius 2 is 1.65 bits per heavy atom. The number of ketones is 1. The predicted molar refractivity (Wildman–Crippen MR) is 80.6 cm³/mol. The molecule has 0 heterocycles. The summed E-state index contributed by atoms with van der Waals surface area (Å²) in [6.07, 6.45) is 7.14. The second-order valence-corrected chi connectivity index (χ2v) is 7.36. The van der Waals surface area contributed by atoms with Crippen LogP contribution >= 0.6 is 0 Å². The van der Waals surface area contributed by atoms with Crippen molar-refractivity contribution in [3.63, 3.8) is 0 Å². The van der Waals surface area contributed by atoms with Gasteiger partial charge < -0.3 is 5.73 Å². The van der Waals surface area contributed by atoms with Gasteiger partial charge >= 0.3 is 0 Å². The molecule has 0 atom stereocenters. The van der Waals surface area contributed by atoms with Gasteiger partial charge in [0.05, 0.1) is 0 Å². The number of hydrogen-bond acceptors (Lipinski definition) is 2. The van der Waals surface area contributed by atoms with E-state index < -0.39 is 0 Å². The van der Waals surface area contributed by atoms with Gasteiger partial charge in [-0.15, -0.1) is 0 Å². The van der Waals surface area contributed by atoms with Gasteiger partial charge in [0.15, 0.2) is 5.78 Å². The molecular formula is C18H23NO. The number of nitrogens with two attached hydrogens (primary N) is 1. The van der Waals surface area contributed by atoms with Crippen molar-refractivity contribution in [1.29, 1.82) is 0 Å². The van der Waals surface area contributed by atoms with Crippen LogP contribution in [0.3, 0.4) is 0 Å². The topological polar surface area (TPSA) is 43.1 Å². The van der Waals surface area contributed by atoms with Gasteiger partial charge in [-0.1, -0.05) is 6.07 Å². The molecule has 1 aromatic rings. The third-order valence-corrected chi connectivity index (χ3v) is 6.07. The Morgan fingerprint density at radius 3 is 2.20 bits per heavy atom. The number of nitrogen functional groups attached to an aromatic ring is 1.